The van der Waals surface area contributed by atoms with E-state index in [1.807, 2.05) is 19.1 Å². The average Bonchev–Trinajstić information content (AvgIpc) is 2.38. The Balaban J connectivity index is 2.89. The molecule has 0 fully saturated rings. The van der Waals surface area contributed by atoms with Crippen LogP contribution in [0.5, 0.6) is 11.5 Å². The molecule has 3 nitrogen and oxygen atoms in total. The van der Waals surface area contributed by atoms with Gasteiger partial charge in [-0.1, -0.05) is 12.8 Å². The van der Waals surface area contributed by atoms with Crippen molar-refractivity contribution < 1.29 is 9.47 Å². The van der Waals surface area contributed by atoms with Crippen LogP contribution >= 0.6 is 15.9 Å². The van der Waals surface area contributed by atoms with Crippen LogP contribution in [-0.4, -0.2) is 19.8 Å². The Hall–Kier alpha value is -1.18. The van der Waals surface area contributed by atoms with Crippen molar-refractivity contribution in [3.63, 3.8) is 0 Å². The van der Waals surface area contributed by atoms with Crippen molar-refractivity contribution >= 4 is 15.9 Å². The Kier molecular flexibility index (Phi) is 7.39. The molecule has 0 aliphatic heterocycles. The third-order valence-corrected chi connectivity index (χ3v) is 3.01. The van der Waals surface area contributed by atoms with E-state index in [1.54, 1.807) is 0 Å². The van der Waals surface area contributed by atoms with Crippen molar-refractivity contribution in [3.05, 3.63) is 22.2 Å². The number of ether oxygens (including phenoxy) is 2. The molecule has 0 heterocycles. The van der Waals surface area contributed by atoms with Gasteiger partial charge in [-0.15, -0.1) is 6.42 Å². The number of nitrogens with one attached hydrogen (secondary N) is 1. The first-order valence-electron chi connectivity index (χ1n) is 6.45. The summed E-state index contributed by atoms with van der Waals surface area (Å²) in [5.74, 6) is 3.85. The summed E-state index contributed by atoms with van der Waals surface area (Å²) in [6.45, 7) is 6.71. The van der Waals surface area contributed by atoms with Crippen LogP contribution in [-0.2, 0) is 6.54 Å². The van der Waals surface area contributed by atoms with Gasteiger partial charge in [-0.2, -0.15) is 0 Å². The smallest absolute Gasteiger partial charge is 0.176 e. The molecular formula is C15H20BrNO2. The van der Waals surface area contributed by atoms with E-state index < -0.39 is 0 Å². The second-order valence-corrected chi connectivity index (χ2v) is 4.86. The van der Waals surface area contributed by atoms with Gasteiger partial charge < -0.3 is 14.8 Å². The topological polar surface area (TPSA) is 30.5 Å². The molecule has 104 valence electrons. The highest BCUT2D eigenvalue weighted by Crippen LogP contribution is 2.36. The lowest BCUT2D eigenvalue weighted by Gasteiger charge is -2.14. The minimum Gasteiger partial charge on any atom is -0.490 e. The fourth-order valence-electron chi connectivity index (χ4n) is 1.65. The molecule has 4 heteroatoms. The Bertz CT molecular complexity index is 441. The second-order valence-electron chi connectivity index (χ2n) is 4.01. The minimum atomic E-state index is 0.228. The third kappa shape index (κ3) is 5.14. The van der Waals surface area contributed by atoms with Crippen molar-refractivity contribution in [2.24, 2.45) is 0 Å². The van der Waals surface area contributed by atoms with Crippen LogP contribution < -0.4 is 14.8 Å². The summed E-state index contributed by atoms with van der Waals surface area (Å²) in [6, 6.07) is 4.01. The zero-order chi connectivity index (χ0) is 14.1. The summed E-state index contributed by atoms with van der Waals surface area (Å²) < 4.78 is 12.0. The maximum absolute atomic E-state index is 5.61. The molecule has 1 aromatic rings. The largest absolute Gasteiger partial charge is 0.490 e. The van der Waals surface area contributed by atoms with Crippen LogP contribution in [0, 0.1) is 12.3 Å². The van der Waals surface area contributed by atoms with Crippen molar-refractivity contribution in [2.75, 3.05) is 19.8 Å². The molecule has 0 radical (unpaired) electrons. The Morgan fingerprint density at radius 1 is 1.32 bits per heavy atom. The fraction of sp³-hybridized carbons (Fsp3) is 0.467. The standard InChI is InChI=1S/C15H20BrNO2/c1-4-7-17-11-12-9-13(16)15(19-8-5-2)14(10-12)18-6-3/h2,9-10,17H,4,6-8,11H2,1,3H3. The van der Waals surface area contributed by atoms with Crippen LogP contribution in [0.4, 0.5) is 0 Å². The molecule has 19 heavy (non-hydrogen) atoms. The summed E-state index contributed by atoms with van der Waals surface area (Å²) in [7, 11) is 0. The fourth-order valence-corrected chi connectivity index (χ4v) is 2.25. The van der Waals surface area contributed by atoms with Crippen LogP contribution in [0.15, 0.2) is 16.6 Å². The lowest BCUT2D eigenvalue weighted by atomic mass is 10.2. The van der Waals surface area contributed by atoms with E-state index in [0.29, 0.717) is 12.4 Å². The Labute approximate surface area is 123 Å². The SMILES string of the molecule is C#CCOc1c(Br)cc(CNCCC)cc1OCC. The van der Waals surface area contributed by atoms with Gasteiger partial charge in [0.15, 0.2) is 11.5 Å². The van der Waals surface area contributed by atoms with Crippen molar-refractivity contribution in [3.8, 4) is 23.8 Å². The van der Waals surface area contributed by atoms with Gasteiger partial charge >= 0.3 is 0 Å². The van der Waals surface area contributed by atoms with Gasteiger partial charge in [0.05, 0.1) is 11.1 Å². The maximum atomic E-state index is 5.61. The van der Waals surface area contributed by atoms with Crippen LogP contribution in [0.3, 0.4) is 0 Å². The quantitative estimate of drug-likeness (QED) is 0.587. The van der Waals surface area contributed by atoms with E-state index in [2.05, 4.69) is 34.1 Å². The van der Waals surface area contributed by atoms with Gasteiger partial charge in [0.1, 0.15) is 6.61 Å². The molecule has 0 aliphatic carbocycles. The van der Waals surface area contributed by atoms with Gasteiger partial charge in [0, 0.05) is 6.54 Å². The van der Waals surface area contributed by atoms with Crippen LogP contribution in [0.25, 0.3) is 0 Å². The maximum Gasteiger partial charge on any atom is 0.176 e. The van der Waals surface area contributed by atoms with Crippen molar-refractivity contribution in [2.45, 2.75) is 26.8 Å². The Morgan fingerprint density at radius 2 is 2.11 bits per heavy atom. The first-order chi connectivity index (χ1) is 9.22. The summed E-state index contributed by atoms with van der Waals surface area (Å²) >= 11 is 3.51. The van der Waals surface area contributed by atoms with E-state index in [0.717, 1.165) is 35.3 Å². The zero-order valence-corrected chi connectivity index (χ0v) is 13.0. The lowest BCUT2D eigenvalue weighted by molar-refractivity contribution is 0.297. The molecule has 0 bridgehead atoms. The van der Waals surface area contributed by atoms with Crippen LogP contribution in [0.2, 0.25) is 0 Å². The minimum absolute atomic E-state index is 0.228. The molecule has 0 saturated carbocycles. The van der Waals surface area contributed by atoms with Gasteiger partial charge in [-0.3, -0.25) is 0 Å². The first kappa shape index (κ1) is 15.9. The molecule has 1 aromatic carbocycles. The van der Waals surface area contributed by atoms with Gasteiger partial charge in [0.2, 0.25) is 0 Å². The molecule has 1 N–H and O–H groups in total. The predicted molar refractivity (Wildman–Crippen MR) is 81.6 cm³/mol. The molecule has 0 aliphatic rings. The molecule has 1 rings (SSSR count). The van der Waals surface area contributed by atoms with Crippen molar-refractivity contribution in [1.82, 2.24) is 5.32 Å². The van der Waals surface area contributed by atoms with Gasteiger partial charge in [-0.05, 0) is 53.5 Å². The molecular weight excluding hydrogens is 306 g/mol. The first-order valence-corrected chi connectivity index (χ1v) is 7.24. The number of hydrogen-bond acceptors (Lipinski definition) is 3. The molecule has 0 unspecified atom stereocenters. The molecule has 0 amide bonds. The summed E-state index contributed by atoms with van der Waals surface area (Å²) in [4.78, 5) is 0. The van der Waals surface area contributed by atoms with E-state index in [-0.39, 0.29) is 6.61 Å². The monoisotopic (exact) mass is 325 g/mol. The van der Waals surface area contributed by atoms with E-state index in [9.17, 15) is 0 Å². The van der Waals surface area contributed by atoms with Crippen molar-refractivity contribution in [1.29, 1.82) is 0 Å². The van der Waals surface area contributed by atoms with Crippen LogP contribution in [0.1, 0.15) is 25.8 Å². The van der Waals surface area contributed by atoms with E-state index >= 15 is 0 Å². The number of rotatable bonds is 8. The average molecular weight is 326 g/mol. The highest BCUT2D eigenvalue weighted by Gasteiger charge is 2.11. The highest BCUT2D eigenvalue weighted by molar-refractivity contribution is 9.10. The second kappa shape index (κ2) is 8.84. The number of hydrogen-bond donors (Lipinski definition) is 1. The third-order valence-electron chi connectivity index (χ3n) is 2.42. The molecule has 0 atom stereocenters. The molecule has 0 spiro atoms. The lowest BCUT2D eigenvalue weighted by Crippen LogP contribution is -2.14. The number of benzene rings is 1. The highest BCUT2D eigenvalue weighted by atomic mass is 79.9. The van der Waals surface area contributed by atoms with Gasteiger partial charge in [0.25, 0.3) is 0 Å². The number of terminal acetylenes is 1. The summed E-state index contributed by atoms with van der Waals surface area (Å²) in [5, 5.41) is 3.36. The summed E-state index contributed by atoms with van der Waals surface area (Å²) in [5.41, 5.74) is 1.15. The molecule has 0 aromatic heterocycles. The summed E-state index contributed by atoms with van der Waals surface area (Å²) in [6.07, 6.45) is 6.33. The molecule has 0 saturated heterocycles. The van der Waals surface area contributed by atoms with E-state index in [1.165, 1.54) is 0 Å². The van der Waals surface area contributed by atoms with Gasteiger partial charge in [-0.25, -0.2) is 0 Å². The predicted octanol–water partition coefficient (Wildman–Crippen LogP) is 3.36. The Morgan fingerprint density at radius 3 is 2.74 bits per heavy atom. The zero-order valence-electron chi connectivity index (χ0n) is 11.5. The van der Waals surface area contributed by atoms with E-state index in [4.69, 9.17) is 15.9 Å². The normalized spacial score (nSPS) is 10.0. The number of halogens is 1.